The monoisotopic (exact) mass is 385 g/mol. The lowest BCUT2D eigenvalue weighted by Crippen LogP contribution is -2.27. The maximum atomic E-state index is 8.36. The summed E-state index contributed by atoms with van der Waals surface area (Å²) in [5.41, 5.74) is -0.216. The number of benzene rings is 1. The van der Waals surface area contributed by atoms with E-state index in [1.54, 1.807) is 6.08 Å². The lowest BCUT2D eigenvalue weighted by molar-refractivity contribution is -0.122. The molecule has 0 spiro atoms. The first-order chi connectivity index (χ1) is 13.3. The van der Waals surface area contributed by atoms with Gasteiger partial charge in [0.25, 0.3) is 6.47 Å². The molecule has 0 atom stereocenters. The molecule has 152 valence electrons. The van der Waals surface area contributed by atoms with Gasteiger partial charge in [0.15, 0.2) is 0 Å². The van der Waals surface area contributed by atoms with Crippen LogP contribution in [-0.2, 0) is 4.79 Å². The zero-order valence-corrected chi connectivity index (χ0v) is 17.6. The fourth-order valence-corrected chi connectivity index (χ4v) is 2.06. The molecule has 0 saturated carbocycles. The van der Waals surface area contributed by atoms with Gasteiger partial charge >= 0.3 is 0 Å². The van der Waals surface area contributed by atoms with Gasteiger partial charge < -0.3 is 14.6 Å². The van der Waals surface area contributed by atoms with Gasteiger partial charge in [-0.1, -0.05) is 32.6 Å². The molecule has 0 bridgehead atoms. The van der Waals surface area contributed by atoms with Crippen LogP contribution in [0.15, 0.2) is 49.1 Å². The van der Waals surface area contributed by atoms with Crippen molar-refractivity contribution in [3.63, 3.8) is 0 Å². The van der Waals surface area contributed by atoms with Gasteiger partial charge in [-0.05, 0) is 69.3 Å². The lowest BCUT2D eigenvalue weighted by Gasteiger charge is -2.21. The highest BCUT2D eigenvalue weighted by Gasteiger charge is 2.11. The fraction of sp³-hybridized carbons (Fsp3) is 0.304. The summed E-state index contributed by atoms with van der Waals surface area (Å²) in [6, 6.07) is 11.4. The van der Waals surface area contributed by atoms with E-state index < -0.39 is 0 Å². The zero-order chi connectivity index (χ0) is 21.6. The number of hydrogen-bond donors (Lipinski definition) is 1. The van der Waals surface area contributed by atoms with Crippen LogP contribution in [0.1, 0.15) is 41.5 Å². The van der Waals surface area contributed by atoms with Crippen molar-refractivity contribution >= 4 is 18.6 Å². The van der Waals surface area contributed by atoms with E-state index in [1.165, 1.54) is 0 Å². The number of rotatable bonds is 4. The van der Waals surface area contributed by atoms with Crippen LogP contribution < -0.4 is 20.0 Å². The van der Waals surface area contributed by atoms with Crippen molar-refractivity contribution in [2.75, 3.05) is 0 Å². The Hall–Kier alpha value is -3.08. The topological polar surface area (TPSA) is 68.7 Å². The minimum atomic E-state index is -0.250. The smallest absolute Gasteiger partial charge is 0.290 e. The average Bonchev–Trinajstić information content (AvgIpc) is 2.65. The standard InChI is InChI=1S/C20H23NO2.C2H6.CH2O2/c1-6-8-18-15(7-2)9-14-19(21-18)22-16-10-12-17(13-11-16)23-20(3,4)5;1-2;2-1-3/h6-14H,1H2,2-5H3;1-2H3;1H,(H,2,3)/b15-7-,18-8+;;. The van der Waals surface area contributed by atoms with Gasteiger partial charge in [0.05, 0.1) is 5.35 Å². The minimum Gasteiger partial charge on any atom is -0.488 e. The Morgan fingerprint density at radius 2 is 1.57 bits per heavy atom. The summed E-state index contributed by atoms with van der Waals surface area (Å²) >= 11 is 0. The molecule has 1 aromatic heterocycles. The van der Waals surface area contributed by atoms with Crippen molar-refractivity contribution in [3.05, 3.63) is 59.6 Å². The summed E-state index contributed by atoms with van der Waals surface area (Å²) in [6.45, 7) is 15.5. The molecule has 1 aromatic carbocycles. The molecule has 2 aromatic rings. The number of pyridine rings is 1. The molecule has 5 heteroatoms. The van der Waals surface area contributed by atoms with Crippen molar-refractivity contribution in [2.45, 2.75) is 47.1 Å². The molecule has 2 rings (SSSR count). The predicted octanol–water partition coefficient (Wildman–Crippen LogP) is 4.55. The van der Waals surface area contributed by atoms with Crippen LogP contribution in [0.4, 0.5) is 0 Å². The second kappa shape index (κ2) is 13.1. The summed E-state index contributed by atoms with van der Waals surface area (Å²) in [4.78, 5) is 12.9. The number of hydrogen-bond acceptors (Lipinski definition) is 4. The van der Waals surface area contributed by atoms with Crippen LogP contribution in [-0.4, -0.2) is 22.2 Å². The Morgan fingerprint density at radius 1 is 1.04 bits per heavy atom. The van der Waals surface area contributed by atoms with E-state index >= 15 is 0 Å². The summed E-state index contributed by atoms with van der Waals surface area (Å²) in [5, 5.41) is 8.78. The second-order valence-corrected chi connectivity index (χ2v) is 6.21. The molecule has 0 aliphatic carbocycles. The molecule has 0 saturated heterocycles. The summed E-state index contributed by atoms with van der Waals surface area (Å²) in [5.74, 6) is 2.08. The molecule has 0 unspecified atom stereocenters. The van der Waals surface area contributed by atoms with Crippen LogP contribution >= 0.6 is 0 Å². The number of carbonyl (C=O) groups is 1. The molecule has 0 aliphatic rings. The maximum absolute atomic E-state index is 8.36. The van der Waals surface area contributed by atoms with Gasteiger partial charge in [-0.25, -0.2) is 4.98 Å². The van der Waals surface area contributed by atoms with E-state index in [1.807, 2.05) is 90.1 Å². The van der Waals surface area contributed by atoms with Gasteiger partial charge in [0.2, 0.25) is 5.88 Å². The van der Waals surface area contributed by atoms with Crippen molar-refractivity contribution in [2.24, 2.45) is 0 Å². The van der Waals surface area contributed by atoms with Crippen molar-refractivity contribution in [1.29, 1.82) is 0 Å². The quantitative estimate of drug-likeness (QED) is 0.782. The Bertz CT molecular complexity index is 834. The van der Waals surface area contributed by atoms with E-state index in [0.29, 0.717) is 5.88 Å². The SMILES string of the molecule is C=C/C=c1/nc(Oc2ccc(OC(C)(C)C)cc2)cc/c1=C/C.CC.O=CO. The summed E-state index contributed by atoms with van der Waals surface area (Å²) in [6.07, 6.45) is 5.59. The van der Waals surface area contributed by atoms with Crippen LogP contribution in [0.3, 0.4) is 0 Å². The summed E-state index contributed by atoms with van der Waals surface area (Å²) in [7, 11) is 0. The van der Waals surface area contributed by atoms with Gasteiger partial charge in [-0.3, -0.25) is 4.79 Å². The number of ether oxygens (including phenoxy) is 2. The molecule has 0 fully saturated rings. The third-order valence-electron chi connectivity index (χ3n) is 2.99. The fourth-order valence-electron chi connectivity index (χ4n) is 2.06. The van der Waals surface area contributed by atoms with E-state index in [4.69, 9.17) is 19.4 Å². The van der Waals surface area contributed by atoms with Crippen LogP contribution in [0.5, 0.6) is 17.4 Å². The largest absolute Gasteiger partial charge is 0.488 e. The lowest BCUT2D eigenvalue weighted by atomic mass is 10.2. The number of allylic oxidation sites excluding steroid dienone is 1. The van der Waals surface area contributed by atoms with Gasteiger partial charge in [0.1, 0.15) is 17.1 Å². The molecule has 0 amide bonds. The Labute approximate surface area is 167 Å². The minimum absolute atomic E-state index is 0.216. The van der Waals surface area contributed by atoms with E-state index in [0.717, 1.165) is 22.1 Å². The Kier molecular flexibility index (Phi) is 11.7. The van der Waals surface area contributed by atoms with Gasteiger partial charge in [-0.2, -0.15) is 0 Å². The van der Waals surface area contributed by atoms with Crippen LogP contribution in [0, 0.1) is 0 Å². The highest BCUT2D eigenvalue weighted by molar-refractivity contribution is 5.38. The van der Waals surface area contributed by atoms with E-state index in [-0.39, 0.29) is 12.1 Å². The number of carboxylic acid groups (broad SMARTS) is 1. The first-order valence-electron chi connectivity index (χ1n) is 9.14. The van der Waals surface area contributed by atoms with E-state index in [9.17, 15) is 0 Å². The average molecular weight is 386 g/mol. The number of aromatic nitrogens is 1. The summed E-state index contributed by atoms with van der Waals surface area (Å²) < 4.78 is 11.6. The van der Waals surface area contributed by atoms with Crippen molar-refractivity contribution in [3.8, 4) is 17.4 Å². The highest BCUT2D eigenvalue weighted by Crippen LogP contribution is 2.24. The Morgan fingerprint density at radius 3 is 2.04 bits per heavy atom. The molecule has 1 N–H and O–H groups in total. The highest BCUT2D eigenvalue weighted by atomic mass is 16.5. The molecule has 1 heterocycles. The van der Waals surface area contributed by atoms with Crippen LogP contribution in [0.25, 0.3) is 12.2 Å². The molecular weight excluding hydrogens is 354 g/mol. The second-order valence-electron chi connectivity index (χ2n) is 6.21. The molecular formula is C23H31NO4. The molecule has 5 nitrogen and oxygen atoms in total. The molecule has 28 heavy (non-hydrogen) atoms. The Balaban J connectivity index is 0.00000133. The van der Waals surface area contributed by atoms with Crippen LogP contribution in [0.2, 0.25) is 0 Å². The van der Waals surface area contributed by atoms with Crippen molar-refractivity contribution < 1.29 is 19.4 Å². The number of nitrogens with zero attached hydrogens (tertiary/aromatic N) is 1. The maximum Gasteiger partial charge on any atom is 0.290 e. The third kappa shape index (κ3) is 9.57. The zero-order valence-electron chi connectivity index (χ0n) is 17.6. The van der Waals surface area contributed by atoms with Gasteiger partial charge in [0, 0.05) is 6.07 Å². The normalized spacial score (nSPS) is 11.4. The first-order valence-corrected chi connectivity index (χ1v) is 9.14. The predicted molar refractivity (Wildman–Crippen MR) is 115 cm³/mol. The van der Waals surface area contributed by atoms with Gasteiger partial charge in [-0.15, -0.1) is 0 Å². The third-order valence-corrected chi connectivity index (χ3v) is 2.99. The van der Waals surface area contributed by atoms with E-state index in [2.05, 4.69) is 11.6 Å². The first kappa shape index (κ1) is 24.9. The molecule has 0 aliphatic heterocycles. The molecule has 0 radical (unpaired) electrons. The van der Waals surface area contributed by atoms with Crippen molar-refractivity contribution in [1.82, 2.24) is 4.98 Å².